The topological polar surface area (TPSA) is 69.1 Å². The van der Waals surface area contributed by atoms with Crippen molar-refractivity contribution in [2.45, 2.75) is 404 Å². The van der Waals surface area contributed by atoms with Crippen molar-refractivity contribution in [2.75, 3.05) is 0 Å². The van der Waals surface area contributed by atoms with Crippen LogP contribution >= 0.6 is 28.5 Å². The standard InChI is InChI=1S/C56H92N2.C38H56N2.2C6H6O.2BrH.2Ni/c1-7-13-19-23-27-31-35-47-41-48(36-32-28-24-20-14-8-2)44-51(43-47)55-53(39-17-11-5)54(40-18-12-6)56(58(55)57)52-45-49(37-33-29-25-21-15-9-3)42-50(46-52)38-34-30-26-22-16-10-4;1-7-13-18-29-23-30(19-14-8-2)26-33(25-29)37-35(12-6)36(22-17-11-5)38(40(37)39)34-27-31(20-15-9-3)24-32(28-34)21-16-10-4;2*7-6-4-2-1-3-5-6;;;;/h41-46H,7-40H2,1-6H3;23-28H,7-22H2,1-6H3;2*1-5,7H;2*1H;;/q;;;;;;2*+2/p-4. The second kappa shape index (κ2) is 63.9. The number of halogens is 2. The van der Waals surface area contributed by atoms with Crippen LogP contribution in [0.4, 0.5) is 0 Å². The number of unbranched alkanes of at least 4 members (excludes halogenated alkanes) is 27. The van der Waals surface area contributed by atoms with Crippen molar-refractivity contribution in [1.29, 1.82) is 0 Å². The van der Waals surface area contributed by atoms with Gasteiger partial charge in [0.2, 0.25) is 22.8 Å². The average Bonchev–Trinajstić information content (AvgIpc) is 1.60. The summed E-state index contributed by atoms with van der Waals surface area (Å²) in [5.74, 6) is 1.57. The molecule has 648 valence electrons. The third kappa shape index (κ3) is 38.0. The van der Waals surface area contributed by atoms with E-state index in [2.05, 4.69) is 184 Å². The Morgan fingerprint density at radius 3 is 0.655 bits per heavy atom. The summed E-state index contributed by atoms with van der Waals surface area (Å²) >= 11 is 6.78. The van der Waals surface area contributed by atoms with Gasteiger partial charge in [0.1, 0.15) is 0 Å². The molecule has 0 N–H and O–H groups in total. The molecule has 116 heavy (non-hydrogen) atoms. The van der Waals surface area contributed by atoms with Crippen LogP contribution in [0.25, 0.3) is 33.9 Å². The molecule has 0 atom stereocenters. The number of hydrogen-bond donors (Lipinski definition) is 0. The number of hydrogen-bond acceptors (Lipinski definition) is 2. The van der Waals surface area contributed by atoms with E-state index in [1.54, 1.807) is 9.39 Å². The molecular weight excluding hydrogens is 1640 g/mol. The van der Waals surface area contributed by atoms with E-state index in [-0.39, 0.29) is 0 Å². The van der Waals surface area contributed by atoms with Gasteiger partial charge < -0.3 is 11.1 Å². The monoisotopic (exact) mass is 1790 g/mol. The summed E-state index contributed by atoms with van der Waals surface area (Å²) < 4.78 is 13.9. The van der Waals surface area contributed by atoms with E-state index in [4.69, 9.17) is 7.76 Å². The van der Waals surface area contributed by atoms with Crippen molar-refractivity contribution in [1.82, 2.24) is 0 Å². The van der Waals surface area contributed by atoms with E-state index in [1.807, 2.05) is 60.7 Å². The van der Waals surface area contributed by atoms with Crippen molar-refractivity contribution in [3.8, 4) is 11.5 Å². The Kier molecular flexibility index (Phi) is 56.0. The van der Waals surface area contributed by atoms with Crippen LogP contribution in [-0.4, -0.2) is 9.39 Å². The zero-order valence-electron chi connectivity index (χ0n) is 75.1. The Morgan fingerprint density at radius 2 is 0.431 bits per heavy atom. The van der Waals surface area contributed by atoms with Crippen molar-refractivity contribution in [3.63, 3.8) is 0 Å². The first-order chi connectivity index (χ1) is 56.9. The van der Waals surface area contributed by atoms with Gasteiger partial charge in [-0.3, -0.25) is 0 Å². The van der Waals surface area contributed by atoms with Gasteiger partial charge in [-0.25, -0.2) is 9.39 Å². The molecule has 6 aromatic rings. The first-order valence-electron chi connectivity index (χ1n) is 47.2. The zero-order valence-corrected chi connectivity index (χ0v) is 80.2. The SMILES string of the molecule is CCCCC1=C(c2cc(CCCC)cc(CCCC)c2)[N+](=[N-])C(c2cc(CCCC)cc(CCCC)c2)=C1CC.CCCCCCCCc1cc(CCCCCCCC)cc(C2=C(CCCC)C(CCCC)=C(c3cc(CCCCCCCC)cc(CCCCCCCC)c3)[N+]2=[N-])c1.[Br][Ni][Br].c1ccc([O][Ni][O]c2ccccc2)cc1. The summed E-state index contributed by atoms with van der Waals surface area (Å²) in [5.41, 5.74) is 51.0. The van der Waals surface area contributed by atoms with Gasteiger partial charge in [-0.15, -0.1) is 0 Å². The van der Waals surface area contributed by atoms with Gasteiger partial charge >= 0.3 is 134 Å². The van der Waals surface area contributed by atoms with Crippen molar-refractivity contribution in [3.05, 3.63) is 234 Å². The second-order valence-corrected chi connectivity index (χ2v) is 38.6. The molecule has 0 fully saturated rings. The van der Waals surface area contributed by atoms with Crippen molar-refractivity contribution < 1.29 is 43.1 Å². The van der Waals surface area contributed by atoms with Crippen LogP contribution in [-0.2, 0) is 77.3 Å². The van der Waals surface area contributed by atoms with E-state index < -0.39 is 0 Å². The zero-order chi connectivity index (χ0) is 83.6. The molecule has 10 heteroatoms. The molecule has 0 bridgehead atoms. The number of para-hydroxylation sites is 2. The Balaban J connectivity index is 0.000000353. The molecule has 6 nitrogen and oxygen atoms in total. The summed E-state index contributed by atoms with van der Waals surface area (Å²) in [6.07, 6.45) is 61.3. The molecule has 0 saturated carbocycles. The maximum absolute atomic E-state index is 12.8. The Labute approximate surface area is 737 Å². The van der Waals surface area contributed by atoms with E-state index >= 15 is 0 Å². The normalized spacial score (nSPS) is 12.8. The molecule has 0 unspecified atom stereocenters. The van der Waals surface area contributed by atoms with Crippen LogP contribution in [0.15, 0.2) is 156 Å². The van der Waals surface area contributed by atoms with Crippen molar-refractivity contribution >= 4 is 51.2 Å². The summed E-state index contributed by atoms with van der Waals surface area (Å²) in [6.45, 7) is 27.5. The van der Waals surface area contributed by atoms with Gasteiger partial charge in [0.05, 0.1) is 0 Å². The minimum absolute atomic E-state index is 0.777. The molecule has 2 aliphatic heterocycles. The molecule has 0 aliphatic carbocycles. The van der Waals surface area contributed by atoms with Crippen molar-refractivity contribution in [2.24, 2.45) is 0 Å². The molecular formula is C106H158Br2N4Ni2O2. The van der Waals surface area contributed by atoms with E-state index in [1.165, 1.54) is 305 Å². The van der Waals surface area contributed by atoms with E-state index in [0.717, 1.165) is 165 Å². The third-order valence-corrected chi connectivity index (χ3v) is 23.6. The van der Waals surface area contributed by atoms with Crippen LogP contribution in [0.1, 0.15) is 420 Å². The fraction of sp³-hybridized carbons (Fsp3) is 0.585. The second-order valence-electron chi connectivity index (χ2n) is 33.1. The molecule has 2 heterocycles. The van der Waals surface area contributed by atoms with Crippen LogP contribution in [0.2, 0.25) is 0 Å². The number of aryl methyl sites for hydroxylation is 8. The van der Waals surface area contributed by atoms with Crippen LogP contribution in [0, 0.1) is 0 Å². The molecule has 2 aliphatic rings. The first kappa shape index (κ1) is 102. The Hall–Kier alpha value is -4.97. The minimum atomic E-state index is 0.777. The molecule has 6 aromatic carbocycles. The van der Waals surface area contributed by atoms with Gasteiger partial charge in [-0.2, -0.15) is 0 Å². The average molecular weight is 1800 g/mol. The molecule has 0 saturated heterocycles. The number of allylic oxidation sites excluding steroid dienone is 4. The van der Waals surface area contributed by atoms with E-state index in [0.29, 0.717) is 0 Å². The van der Waals surface area contributed by atoms with Gasteiger partial charge in [0, 0.05) is 44.5 Å². The summed E-state index contributed by atoms with van der Waals surface area (Å²) in [4.78, 5) is 0. The van der Waals surface area contributed by atoms with Gasteiger partial charge in [0.25, 0.3) is 0 Å². The van der Waals surface area contributed by atoms with Crippen LogP contribution in [0.3, 0.4) is 0 Å². The number of benzene rings is 6. The molecule has 0 amide bonds. The fourth-order valence-electron chi connectivity index (χ4n) is 16.5. The number of nitrogens with zero attached hydrogens (tertiary/aromatic N) is 4. The third-order valence-electron chi connectivity index (χ3n) is 23.0. The summed E-state index contributed by atoms with van der Waals surface area (Å²) in [7, 11) is 1.25. The van der Waals surface area contributed by atoms with Gasteiger partial charge in [-0.1, -0.05) is 281 Å². The van der Waals surface area contributed by atoms with E-state index in [9.17, 15) is 11.1 Å². The molecule has 8 rings (SSSR count). The van der Waals surface area contributed by atoms with Gasteiger partial charge in [0.15, 0.2) is 0 Å². The number of rotatable bonds is 58. The Morgan fingerprint density at radius 1 is 0.241 bits per heavy atom. The van der Waals surface area contributed by atoms with Crippen LogP contribution < -0.4 is 7.76 Å². The maximum atomic E-state index is 12.8. The first-order valence-corrected chi connectivity index (χ1v) is 52.9. The predicted molar refractivity (Wildman–Crippen MR) is 504 cm³/mol. The summed E-state index contributed by atoms with van der Waals surface area (Å²) in [5, 5.41) is 0. The fourth-order valence-corrected chi connectivity index (χ4v) is 17.0. The molecule has 0 radical (unpaired) electrons. The summed E-state index contributed by atoms with van der Waals surface area (Å²) in [6, 6.07) is 48.3. The Bertz CT molecular complexity index is 3550. The molecule has 0 aromatic heterocycles. The van der Waals surface area contributed by atoms with Gasteiger partial charge in [-0.05, 0) is 241 Å². The predicted octanol–water partition coefficient (Wildman–Crippen LogP) is 35.4. The quantitative estimate of drug-likeness (QED) is 0.0217. The molecule has 0 spiro atoms. The van der Waals surface area contributed by atoms with Crippen LogP contribution in [0.5, 0.6) is 11.5 Å².